The van der Waals surface area contributed by atoms with Gasteiger partial charge in [-0.1, -0.05) is 49.0 Å². The van der Waals surface area contributed by atoms with Crippen LogP contribution >= 0.6 is 12.2 Å². The molecule has 0 saturated carbocycles. The first-order valence-corrected chi connectivity index (χ1v) is 8.16. The molecular formula is C19H21N3S. The fourth-order valence-corrected chi connectivity index (χ4v) is 3.20. The highest BCUT2D eigenvalue weighted by Crippen LogP contribution is 2.33. The van der Waals surface area contributed by atoms with Crippen molar-refractivity contribution >= 4 is 22.9 Å². The van der Waals surface area contributed by atoms with E-state index in [9.17, 15) is 0 Å². The molecule has 4 heteroatoms. The maximum atomic E-state index is 5.97. The average molecular weight is 323 g/mol. The van der Waals surface area contributed by atoms with Crippen molar-refractivity contribution in [2.75, 3.05) is 0 Å². The predicted molar refractivity (Wildman–Crippen MR) is 100 cm³/mol. The predicted octanol–water partition coefficient (Wildman–Crippen LogP) is 4.32. The Bertz CT molecular complexity index is 908. The Labute approximate surface area is 142 Å². The van der Waals surface area contributed by atoms with Gasteiger partial charge < -0.3 is 5.73 Å². The number of nitrogens with two attached hydrogens (primary N) is 1. The van der Waals surface area contributed by atoms with Crippen LogP contribution in [0.3, 0.4) is 0 Å². The zero-order valence-electron chi connectivity index (χ0n) is 13.9. The molecule has 0 bridgehead atoms. The van der Waals surface area contributed by atoms with Gasteiger partial charge in [0.05, 0.1) is 16.4 Å². The molecule has 3 aromatic rings. The number of fused-ring (bicyclic) bond motifs is 1. The van der Waals surface area contributed by atoms with E-state index in [0.717, 1.165) is 28.3 Å². The minimum Gasteiger partial charge on any atom is -0.393 e. The highest BCUT2D eigenvalue weighted by atomic mass is 32.1. The lowest BCUT2D eigenvalue weighted by Crippen LogP contribution is -2.19. The van der Waals surface area contributed by atoms with E-state index in [1.807, 2.05) is 19.1 Å². The molecule has 2 N–H and O–H groups in total. The number of aryl methyl sites for hydroxylation is 3. The van der Waals surface area contributed by atoms with Crippen molar-refractivity contribution in [1.29, 1.82) is 0 Å². The van der Waals surface area contributed by atoms with E-state index in [1.54, 1.807) is 0 Å². The van der Waals surface area contributed by atoms with Crippen LogP contribution in [0.4, 0.5) is 0 Å². The fourth-order valence-electron chi connectivity index (χ4n) is 3.09. The maximum Gasteiger partial charge on any atom is 0.137 e. The summed E-state index contributed by atoms with van der Waals surface area (Å²) in [5.74, 6) is -0.0446. The lowest BCUT2D eigenvalue weighted by molar-refractivity contribution is 0.908. The third kappa shape index (κ3) is 2.63. The zero-order chi connectivity index (χ0) is 16.7. The van der Waals surface area contributed by atoms with Gasteiger partial charge in [-0.05, 0) is 38.5 Å². The van der Waals surface area contributed by atoms with E-state index >= 15 is 0 Å². The summed E-state index contributed by atoms with van der Waals surface area (Å²) in [6.45, 7) is 8.35. The van der Waals surface area contributed by atoms with E-state index < -0.39 is 0 Å². The number of pyridine rings is 1. The van der Waals surface area contributed by atoms with Crippen LogP contribution in [0.25, 0.3) is 16.9 Å². The van der Waals surface area contributed by atoms with Crippen molar-refractivity contribution in [3.05, 3.63) is 58.9 Å². The van der Waals surface area contributed by atoms with Gasteiger partial charge in [0.15, 0.2) is 0 Å². The van der Waals surface area contributed by atoms with Crippen LogP contribution in [-0.2, 0) is 0 Å². The quantitative estimate of drug-likeness (QED) is 0.730. The Hall–Kier alpha value is -2.20. The van der Waals surface area contributed by atoms with Crippen LogP contribution < -0.4 is 5.73 Å². The number of imidazole rings is 1. The molecule has 0 amide bonds. The minimum absolute atomic E-state index is 0.0446. The number of aromatic nitrogens is 2. The van der Waals surface area contributed by atoms with Crippen LogP contribution in [0.15, 0.2) is 36.4 Å². The molecule has 1 unspecified atom stereocenters. The van der Waals surface area contributed by atoms with Crippen molar-refractivity contribution in [2.24, 2.45) is 5.73 Å². The second-order valence-electron chi connectivity index (χ2n) is 6.15. The highest BCUT2D eigenvalue weighted by Gasteiger charge is 2.22. The second kappa shape index (κ2) is 5.78. The molecule has 0 spiro atoms. The molecule has 1 aromatic carbocycles. The molecule has 2 heterocycles. The first-order valence-electron chi connectivity index (χ1n) is 7.75. The topological polar surface area (TPSA) is 43.3 Å². The number of hydrogen-bond acceptors (Lipinski definition) is 2. The maximum absolute atomic E-state index is 5.97. The lowest BCUT2D eigenvalue weighted by atomic mass is 9.97. The molecule has 0 radical (unpaired) electrons. The summed E-state index contributed by atoms with van der Waals surface area (Å²) >= 11 is 5.27. The number of hydrogen-bond donors (Lipinski definition) is 1. The molecule has 0 aliphatic rings. The Balaban J connectivity index is 2.38. The molecule has 0 aliphatic heterocycles. The molecule has 1 atom stereocenters. The summed E-state index contributed by atoms with van der Waals surface area (Å²) in [6, 6.07) is 12.6. The Morgan fingerprint density at radius 1 is 1.17 bits per heavy atom. The van der Waals surface area contributed by atoms with Crippen molar-refractivity contribution in [3.8, 4) is 11.3 Å². The summed E-state index contributed by atoms with van der Waals surface area (Å²) in [5.41, 5.74) is 13.7. The monoisotopic (exact) mass is 323 g/mol. The van der Waals surface area contributed by atoms with E-state index in [0.29, 0.717) is 4.99 Å². The van der Waals surface area contributed by atoms with E-state index in [-0.39, 0.29) is 5.92 Å². The molecule has 3 rings (SSSR count). The molecule has 118 valence electrons. The van der Waals surface area contributed by atoms with Crippen LogP contribution in [-0.4, -0.2) is 14.4 Å². The van der Waals surface area contributed by atoms with Gasteiger partial charge in [0.2, 0.25) is 0 Å². The normalized spacial score (nSPS) is 12.5. The average Bonchev–Trinajstić information content (AvgIpc) is 2.86. The zero-order valence-corrected chi connectivity index (χ0v) is 14.7. The number of rotatable bonds is 3. The molecular weight excluding hydrogens is 302 g/mol. The number of benzene rings is 1. The summed E-state index contributed by atoms with van der Waals surface area (Å²) in [4.78, 5) is 5.37. The molecule has 23 heavy (non-hydrogen) atoms. The van der Waals surface area contributed by atoms with Crippen LogP contribution in [0.5, 0.6) is 0 Å². The molecule has 0 saturated heterocycles. The summed E-state index contributed by atoms with van der Waals surface area (Å²) in [5, 5.41) is 0. The Morgan fingerprint density at radius 2 is 1.91 bits per heavy atom. The van der Waals surface area contributed by atoms with Crippen LogP contribution in [0.2, 0.25) is 0 Å². The van der Waals surface area contributed by atoms with Gasteiger partial charge in [0.25, 0.3) is 0 Å². The van der Waals surface area contributed by atoms with Gasteiger partial charge in [-0.2, -0.15) is 0 Å². The largest absolute Gasteiger partial charge is 0.393 e. The molecule has 3 nitrogen and oxygen atoms in total. The van der Waals surface area contributed by atoms with Crippen LogP contribution in [0, 0.1) is 20.8 Å². The van der Waals surface area contributed by atoms with E-state index in [1.165, 1.54) is 11.1 Å². The molecule has 0 fully saturated rings. The van der Waals surface area contributed by atoms with Gasteiger partial charge in [-0.15, -0.1) is 0 Å². The molecule has 2 aromatic heterocycles. The van der Waals surface area contributed by atoms with Crippen molar-refractivity contribution in [2.45, 2.75) is 33.6 Å². The minimum atomic E-state index is -0.0446. The smallest absolute Gasteiger partial charge is 0.137 e. The fraction of sp³-hybridized carbons (Fsp3) is 0.263. The Kier molecular flexibility index (Phi) is 3.94. The third-order valence-corrected chi connectivity index (χ3v) is 4.70. The van der Waals surface area contributed by atoms with Gasteiger partial charge in [-0.25, -0.2) is 4.98 Å². The summed E-state index contributed by atoms with van der Waals surface area (Å²) < 4.78 is 2.17. The first kappa shape index (κ1) is 15.7. The second-order valence-corrected chi connectivity index (χ2v) is 6.62. The van der Waals surface area contributed by atoms with Crippen molar-refractivity contribution in [1.82, 2.24) is 9.38 Å². The van der Waals surface area contributed by atoms with E-state index in [4.69, 9.17) is 22.9 Å². The van der Waals surface area contributed by atoms with E-state index in [2.05, 4.69) is 49.4 Å². The highest BCUT2D eigenvalue weighted by molar-refractivity contribution is 7.80. The summed E-state index contributed by atoms with van der Waals surface area (Å²) in [6.07, 6.45) is 0. The number of thiocarbonyl (C=S) groups is 1. The van der Waals surface area contributed by atoms with Gasteiger partial charge in [0.1, 0.15) is 5.65 Å². The third-order valence-electron chi connectivity index (χ3n) is 4.35. The van der Waals surface area contributed by atoms with Crippen molar-refractivity contribution < 1.29 is 0 Å². The van der Waals surface area contributed by atoms with Crippen molar-refractivity contribution in [3.63, 3.8) is 0 Å². The summed E-state index contributed by atoms with van der Waals surface area (Å²) in [7, 11) is 0. The molecule has 0 aliphatic carbocycles. The first-order chi connectivity index (χ1) is 10.9. The number of nitrogens with zero attached hydrogens (tertiary/aromatic N) is 2. The lowest BCUT2D eigenvalue weighted by Gasteiger charge is -2.15. The van der Waals surface area contributed by atoms with Gasteiger partial charge in [0, 0.05) is 17.2 Å². The Morgan fingerprint density at radius 3 is 2.57 bits per heavy atom. The van der Waals surface area contributed by atoms with Crippen LogP contribution in [0.1, 0.15) is 35.4 Å². The SMILES string of the molecule is Cc1ccc(-c2nc3cccc(C)n3c2C(C)C(N)=S)c(C)c1. The standard InChI is InChI=1S/C19H21N3S/c1-11-8-9-15(12(2)10-11)17-18(14(4)19(20)23)22-13(3)6-5-7-16(22)21-17/h5-10,14H,1-4H3,(H2,20,23). The van der Waals surface area contributed by atoms with Gasteiger partial charge in [-0.3, -0.25) is 4.40 Å². The van der Waals surface area contributed by atoms with Gasteiger partial charge >= 0.3 is 0 Å².